The van der Waals surface area contributed by atoms with Gasteiger partial charge in [0.25, 0.3) is 10.0 Å². The van der Waals surface area contributed by atoms with Crippen LogP contribution in [0, 0.1) is 5.92 Å². The van der Waals surface area contributed by atoms with E-state index in [0.717, 1.165) is 37.5 Å². The van der Waals surface area contributed by atoms with Gasteiger partial charge in [-0.15, -0.1) is 0 Å². The molecule has 1 fully saturated rings. The summed E-state index contributed by atoms with van der Waals surface area (Å²) in [5.41, 5.74) is -0.233. The lowest BCUT2D eigenvalue weighted by atomic mass is 10.1. The van der Waals surface area contributed by atoms with Crippen LogP contribution in [0.4, 0.5) is 18.9 Å². The van der Waals surface area contributed by atoms with Crippen LogP contribution in [0.15, 0.2) is 35.5 Å². The van der Waals surface area contributed by atoms with Crippen molar-refractivity contribution in [2.24, 2.45) is 5.92 Å². The molecule has 0 atom stereocenters. The second-order valence-corrected chi connectivity index (χ2v) is 8.69. The van der Waals surface area contributed by atoms with Crippen molar-refractivity contribution in [3.05, 3.63) is 41.7 Å². The van der Waals surface area contributed by atoms with Crippen molar-refractivity contribution in [2.45, 2.75) is 50.1 Å². The minimum absolute atomic E-state index is 0.0641. The van der Waals surface area contributed by atoms with Crippen molar-refractivity contribution in [1.29, 1.82) is 0 Å². The molecule has 0 radical (unpaired) electrons. The van der Waals surface area contributed by atoms with Crippen molar-refractivity contribution < 1.29 is 21.6 Å². The lowest BCUT2D eigenvalue weighted by molar-refractivity contribution is -0.137. The van der Waals surface area contributed by atoms with Crippen LogP contribution < -0.4 is 4.31 Å². The van der Waals surface area contributed by atoms with E-state index in [1.54, 1.807) is 0 Å². The summed E-state index contributed by atoms with van der Waals surface area (Å²) < 4.78 is 67.3. The van der Waals surface area contributed by atoms with Crippen molar-refractivity contribution in [1.82, 2.24) is 10.2 Å². The van der Waals surface area contributed by atoms with E-state index in [9.17, 15) is 21.6 Å². The second-order valence-electron chi connectivity index (χ2n) is 6.86. The maximum atomic E-state index is 13.3. The van der Waals surface area contributed by atoms with Gasteiger partial charge in [-0.1, -0.05) is 13.3 Å². The molecule has 1 heterocycles. The monoisotopic (exact) mass is 401 g/mol. The van der Waals surface area contributed by atoms with Crippen LogP contribution in [0.25, 0.3) is 0 Å². The predicted molar refractivity (Wildman–Crippen MR) is 95.9 cm³/mol. The summed E-state index contributed by atoms with van der Waals surface area (Å²) in [6, 6.07) is 2.89. The Hall–Kier alpha value is -2.03. The Morgan fingerprint density at radius 3 is 2.59 bits per heavy atom. The number of halogens is 3. The number of benzene rings is 1. The van der Waals surface area contributed by atoms with Gasteiger partial charge in [0, 0.05) is 12.7 Å². The zero-order chi connectivity index (χ0) is 19.7. The zero-order valence-corrected chi connectivity index (χ0v) is 15.8. The maximum Gasteiger partial charge on any atom is 0.416 e. The smallest absolute Gasteiger partial charge is 0.284 e. The van der Waals surface area contributed by atoms with Gasteiger partial charge < -0.3 is 0 Å². The number of rotatable bonds is 8. The van der Waals surface area contributed by atoms with Gasteiger partial charge in [0.15, 0.2) is 0 Å². The molecule has 3 rings (SSSR count). The molecule has 2 aromatic rings. The van der Waals surface area contributed by atoms with E-state index in [1.165, 1.54) is 16.7 Å². The molecule has 1 aromatic carbocycles. The highest BCUT2D eigenvalue weighted by molar-refractivity contribution is 7.92. The lowest BCUT2D eigenvalue weighted by Gasteiger charge is -2.24. The van der Waals surface area contributed by atoms with E-state index < -0.39 is 21.8 Å². The van der Waals surface area contributed by atoms with Crippen LogP contribution in [0.1, 0.15) is 43.7 Å². The molecule has 5 nitrogen and oxygen atoms in total. The summed E-state index contributed by atoms with van der Waals surface area (Å²) in [7, 11) is -4.00. The molecule has 1 aromatic heterocycles. The van der Waals surface area contributed by atoms with Crippen LogP contribution >= 0.6 is 0 Å². The average molecular weight is 401 g/mol. The normalized spacial score (nSPS) is 15.1. The summed E-state index contributed by atoms with van der Waals surface area (Å²) in [5.74, 6) is 0.267. The van der Waals surface area contributed by atoms with Gasteiger partial charge in [0.05, 0.1) is 22.3 Å². The van der Waals surface area contributed by atoms with Gasteiger partial charge >= 0.3 is 6.18 Å². The molecule has 148 valence electrons. The Labute approximate surface area is 156 Å². The van der Waals surface area contributed by atoms with Crippen LogP contribution in [0.3, 0.4) is 0 Å². The first kappa shape index (κ1) is 19.7. The summed E-state index contributed by atoms with van der Waals surface area (Å²) in [6.07, 6.45) is 1.91. The molecule has 1 aliphatic rings. The van der Waals surface area contributed by atoms with Crippen molar-refractivity contribution >= 4 is 15.7 Å². The summed E-state index contributed by atoms with van der Waals surface area (Å²) >= 11 is 0. The Bertz CT molecular complexity index is 876. The first-order chi connectivity index (χ1) is 12.7. The lowest BCUT2D eigenvalue weighted by Crippen LogP contribution is -2.33. The Morgan fingerprint density at radius 1 is 1.30 bits per heavy atom. The second kappa shape index (κ2) is 7.53. The zero-order valence-electron chi connectivity index (χ0n) is 15.0. The molecule has 1 N–H and O–H groups in total. The SMILES string of the molecule is CCCCc1cc(C(F)(F)F)ccc1S(=O)(=O)N(CC1CC1)c1cn[nH]c1. The van der Waals surface area contributed by atoms with E-state index in [1.807, 2.05) is 6.92 Å². The first-order valence-corrected chi connectivity index (χ1v) is 10.4. The number of anilines is 1. The van der Waals surface area contributed by atoms with Crippen LogP contribution in [-0.2, 0) is 22.6 Å². The highest BCUT2D eigenvalue weighted by atomic mass is 32.2. The number of nitrogens with zero attached hydrogens (tertiary/aromatic N) is 2. The number of nitrogens with one attached hydrogen (secondary N) is 1. The number of aryl methyl sites for hydroxylation is 1. The summed E-state index contributed by atoms with van der Waals surface area (Å²) in [6.45, 7) is 2.21. The van der Waals surface area contributed by atoms with Crippen LogP contribution in [0.2, 0.25) is 0 Å². The number of aromatic nitrogens is 2. The van der Waals surface area contributed by atoms with Crippen LogP contribution in [0.5, 0.6) is 0 Å². The molecule has 0 bridgehead atoms. The van der Waals surface area contributed by atoms with E-state index in [2.05, 4.69) is 10.2 Å². The number of sulfonamides is 1. The molecular weight excluding hydrogens is 379 g/mol. The molecule has 0 aliphatic heterocycles. The van der Waals surface area contributed by atoms with Crippen molar-refractivity contribution in [2.75, 3.05) is 10.8 Å². The molecule has 0 amide bonds. The Kier molecular flexibility index (Phi) is 5.50. The summed E-state index contributed by atoms with van der Waals surface area (Å²) in [4.78, 5) is -0.0641. The molecule has 0 saturated heterocycles. The predicted octanol–water partition coefficient (Wildman–Crippen LogP) is 4.38. The number of hydrogen-bond donors (Lipinski definition) is 1. The van der Waals surface area contributed by atoms with Gasteiger partial charge in [-0.2, -0.15) is 18.3 Å². The molecule has 9 heteroatoms. The quantitative estimate of drug-likeness (QED) is 0.714. The molecule has 0 spiro atoms. The van der Waals surface area contributed by atoms with E-state index in [4.69, 9.17) is 0 Å². The van der Waals surface area contributed by atoms with E-state index >= 15 is 0 Å². The van der Waals surface area contributed by atoms with E-state index in [-0.39, 0.29) is 22.8 Å². The highest BCUT2D eigenvalue weighted by Gasteiger charge is 2.36. The number of H-pyrrole nitrogens is 1. The van der Waals surface area contributed by atoms with Crippen LogP contribution in [-0.4, -0.2) is 25.2 Å². The number of unbranched alkanes of at least 4 members (excludes halogenated alkanes) is 1. The molecule has 1 saturated carbocycles. The third kappa shape index (κ3) is 4.45. The fourth-order valence-electron chi connectivity index (χ4n) is 2.95. The number of alkyl halides is 3. The summed E-state index contributed by atoms with van der Waals surface area (Å²) in [5, 5.41) is 6.42. The third-order valence-electron chi connectivity index (χ3n) is 4.65. The third-order valence-corrected chi connectivity index (χ3v) is 6.54. The maximum absolute atomic E-state index is 13.3. The largest absolute Gasteiger partial charge is 0.416 e. The van der Waals surface area contributed by atoms with Crippen molar-refractivity contribution in [3.8, 4) is 0 Å². The van der Waals surface area contributed by atoms with Gasteiger partial charge in [-0.05, 0) is 55.4 Å². The number of aromatic amines is 1. The average Bonchev–Trinajstić information content (AvgIpc) is 3.28. The van der Waals surface area contributed by atoms with Gasteiger partial charge in [0.2, 0.25) is 0 Å². The fourth-order valence-corrected chi connectivity index (χ4v) is 4.70. The molecule has 1 aliphatic carbocycles. The topological polar surface area (TPSA) is 66.1 Å². The van der Waals surface area contributed by atoms with Gasteiger partial charge in [-0.3, -0.25) is 9.40 Å². The molecule has 27 heavy (non-hydrogen) atoms. The van der Waals surface area contributed by atoms with Gasteiger partial charge in [0.1, 0.15) is 0 Å². The Balaban J connectivity index is 2.05. The number of hydrogen-bond acceptors (Lipinski definition) is 3. The Morgan fingerprint density at radius 2 is 2.04 bits per heavy atom. The van der Waals surface area contributed by atoms with Crippen molar-refractivity contribution in [3.63, 3.8) is 0 Å². The first-order valence-electron chi connectivity index (χ1n) is 8.95. The minimum atomic E-state index is -4.51. The fraction of sp³-hybridized carbons (Fsp3) is 0.500. The molecular formula is C18H22F3N3O2S. The van der Waals surface area contributed by atoms with Gasteiger partial charge in [-0.25, -0.2) is 8.42 Å². The molecule has 0 unspecified atom stereocenters. The minimum Gasteiger partial charge on any atom is -0.284 e. The highest BCUT2D eigenvalue weighted by Crippen LogP contribution is 2.36. The standard InChI is InChI=1S/C18H22F3N3O2S/c1-2-3-4-14-9-15(18(19,20)21)7-8-17(14)27(25,26)24(12-13-5-6-13)16-10-22-23-11-16/h7-11,13H,2-6,12H2,1H3,(H,22,23). The van der Waals surface area contributed by atoms with E-state index in [0.29, 0.717) is 18.7 Å².